The van der Waals surface area contributed by atoms with Crippen LogP contribution in [-0.2, 0) is 0 Å². The molecule has 0 radical (unpaired) electrons. The third-order valence-corrected chi connectivity index (χ3v) is 2.00. The Morgan fingerprint density at radius 3 is 3.00 bits per heavy atom. The monoisotopic (exact) mass is 200 g/mol. The predicted molar refractivity (Wildman–Crippen MR) is 60.0 cm³/mol. The van der Waals surface area contributed by atoms with Gasteiger partial charge in [0.25, 0.3) is 0 Å². The highest BCUT2D eigenvalue weighted by Crippen LogP contribution is 2.12. The molecule has 0 aliphatic rings. The van der Waals surface area contributed by atoms with E-state index in [-0.39, 0.29) is 0 Å². The van der Waals surface area contributed by atoms with Crippen LogP contribution in [0.3, 0.4) is 0 Å². The first-order valence-corrected chi connectivity index (χ1v) is 4.61. The van der Waals surface area contributed by atoms with E-state index in [0.29, 0.717) is 5.70 Å². The van der Waals surface area contributed by atoms with Gasteiger partial charge in [-0.25, -0.2) is 0 Å². The second kappa shape index (κ2) is 3.57. The van der Waals surface area contributed by atoms with Crippen LogP contribution in [0.4, 0.5) is 0 Å². The standard InChI is InChI=1S/C11H12N4/c1-8(7-9(2)12)11-4-3-10-5-6-13-15(10)14-11/h3-7H,1,12H2,2H3/b9-7+. The smallest absolute Gasteiger partial charge is 0.0924 e. The molecule has 2 rings (SSSR count). The summed E-state index contributed by atoms with van der Waals surface area (Å²) in [5, 5.41) is 8.35. The number of hydrogen-bond donors (Lipinski definition) is 1. The van der Waals surface area contributed by atoms with Crippen molar-refractivity contribution in [2.75, 3.05) is 0 Å². The number of allylic oxidation sites excluding steroid dienone is 3. The first kappa shape index (κ1) is 9.45. The number of nitrogens with zero attached hydrogens (tertiary/aromatic N) is 3. The molecule has 2 aromatic rings. The minimum absolute atomic E-state index is 0.711. The van der Waals surface area contributed by atoms with E-state index in [9.17, 15) is 0 Å². The van der Waals surface area contributed by atoms with Crippen molar-refractivity contribution in [1.29, 1.82) is 0 Å². The Kier molecular flexibility index (Phi) is 2.25. The molecule has 2 aromatic heterocycles. The average molecular weight is 200 g/mol. The van der Waals surface area contributed by atoms with E-state index in [2.05, 4.69) is 16.8 Å². The van der Waals surface area contributed by atoms with Gasteiger partial charge in [-0.15, -0.1) is 5.10 Å². The second-order valence-corrected chi connectivity index (χ2v) is 3.38. The molecule has 0 aliphatic heterocycles. The Morgan fingerprint density at radius 2 is 2.27 bits per heavy atom. The molecular weight excluding hydrogens is 188 g/mol. The number of aromatic nitrogens is 3. The summed E-state index contributed by atoms with van der Waals surface area (Å²) in [4.78, 5) is 0. The lowest BCUT2D eigenvalue weighted by Crippen LogP contribution is -1.98. The minimum Gasteiger partial charge on any atom is -0.402 e. The van der Waals surface area contributed by atoms with Gasteiger partial charge in [0.1, 0.15) is 0 Å². The van der Waals surface area contributed by atoms with Crippen LogP contribution in [-0.4, -0.2) is 14.8 Å². The fourth-order valence-electron chi connectivity index (χ4n) is 1.33. The largest absolute Gasteiger partial charge is 0.402 e. The topological polar surface area (TPSA) is 56.2 Å². The lowest BCUT2D eigenvalue weighted by Gasteiger charge is -2.00. The lowest BCUT2D eigenvalue weighted by atomic mass is 10.2. The normalized spacial score (nSPS) is 11.9. The highest BCUT2D eigenvalue weighted by molar-refractivity contribution is 5.70. The molecule has 15 heavy (non-hydrogen) atoms. The Balaban J connectivity index is 2.44. The molecule has 0 saturated carbocycles. The van der Waals surface area contributed by atoms with Gasteiger partial charge < -0.3 is 5.73 Å². The van der Waals surface area contributed by atoms with Crippen LogP contribution < -0.4 is 5.73 Å². The molecule has 76 valence electrons. The first-order valence-electron chi connectivity index (χ1n) is 4.61. The van der Waals surface area contributed by atoms with E-state index >= 15 is 0 Å². The third-order valence-electron chi connectivity index (χ3n) is 2.00. The number of hydrogen-bond acceptors (Lipinski definition) is 3. The number of fused-ring (bicyclic) bond motifs is 1. The van der Waals surface area contributed by atoms with Crippen LogP contribution >= 0.6 is 0 Å². The van der Waals surface area contributed by atoms with Gasteiger partial charge in [-0.2, -0.15) is 9.73 Å². The minimum atomic E-state index is 0.711. The van der Waals surface area contributed by atoms with Crippen molar-refractivity contribution in [2.45, 2.75) is 6.92 Å². The highest BCUT2D eigenvalue weighted by atomic mass is 15.4. The van der Waals surface area contributed by atoms with Crippen LogP contribution in [0.1, 0.15) is 12.6 Å². The highest BCUT2D eigenvalue weighted by Gasteiger charge is 2.00. The van der Waals surface area contributed by atoms with Crippen molar-refractivity contribution in [1.82, 2.24) is 14.8 Å². The summed E-state index contributed by atoms with van der Waals surface area (Å²) < 4.78 is 1.57. The van der Waals surface area contributed by atoms with Crippen molar-refractivity contribution in [3.63, 3.8) is 0 Å². The molecule has 0 atom stereocenters. The maximum atomic E-state index is 5.57. The van der Waals surface area contributed by atoms with E-state index in [0.717, 1.165) is 16.8 Å². The van der Waals surface area contributed by atoms with Crippen molar-refractivity contribution >= 4 is 11.1 Å². The van der Waals surface area contributed by atoms with Gasteiger partial charge in [0, 0.05) is 5.70 Å². The quantitative estimate of drug-likeness (QED) is 0.749. The molecule has 4 heteroatoms. The van der Waals surface area contributed by atoms with E-state index < -0.39 is 0 Å². The summed E-state index contributed by atoms with van der Waals surface area (Å²) in [6, 6.07) is 5.74. The van der Waals surface area contributed by atoms with Crippen LogP contribution in [0, 0.1) is 0 Å². The van der Waals surface area contributed by atoms with Gasteiger partial charge in [-0.3, -0.25) is 0 Å². The van der Waals surface area contributed by atoms with Gasteiger partial charge in [-0.05, 0) is 36.8 Å². The molecule has 0 spiro atoms. The molecule has 0 fully saturated rings. The Labute approximate surface area is 87.7 Å². The molecule has 0 aliphatic carbocycles. The second-order valence-electron chi connectivity index (χ2n) is 3.38. The van der Waals surface area contributed by atoms with Crippen molar-refractivity contribution in [2.24, 2.45) is 5.73 Å². The zero-order valence-corrected chi connectivity index (χ0v) is 8.51. The van der Waals surface area contributed by atoms with Gasteiger partial charge >= 0.3 is 0 Å². The van der Waals surface area contributed by atoms with Crippen molar-refractivity contribution in [3.8, 4) is 0 Å². The molecule has 2 N–H and O–H groups in total. The molecule has 0 aromatic carbocycles. The average Bonchev–Trinajstić information content (AvgIpc) is 2.62. The van der Waals surface area contributed by atoms with Crippen molar-refractivity contribution < 1.29 is 0 Å². The van der Waals surface area contributed by atoms with Gasteiger partial charge in [0.05, 0.1) is 17.4 Å². The van der Waals surface area contributed by atoms with Crippen LogP contribution in [0.5, 0.6) is 0 Å². The zero-order valence-electron chi connectivity index (χ0n) is 8.51. The molecule has 0 saturated heterocycles. The van der Waals surface area contributed by atoms with E-state index in [1.807, 2.05) is 25.1 Å². The summed E-state index contributed by atoms with van der Waals surface area (Å²) >= 11 is 0. The van der Waals surface area contributed by atoms with Gasteiger partial charge in [0.15, 0.2) is 0 Å². The molecular formula is C11H12N4. The summed E-state index contributed by atoms with van der Waals surface area (Å²) in [6.07, 6.45) is 3.50. The van der Waals surface area contributed by atoms with E-state index in [4.69, 9.17) is 5.73 Å². The number of rotatable bonds is 2. The van der Waals surface area contributed by atoms with Crippen LogP contribution in [0.2, 0.25) is 0 Å². The van der Waals surface area contributed by atoms with Crippen LogP contribution in [0.15, 0.2) is 42.7 Å². The Hall–Kier alpha value is -2.10. The SMILES string of the molecule is C=C(/C=C(\C)N)c1ccc2ccnn2n1. The zero-order chi connectivity index (χ0) is 10.8. The van der Waals surface area contributed by atoms with Crippen molar-refractivity contribution in [3.05, 3.63) is 48.4 Å². The fraction of sp³-hybridized carbons (Fsp3) is 0.0909. The van der Waals surface area contributed by atoms with E-state index in [1.54, 1.807) is 16.9 Å². The van der Waals surface area contributed by atoms with E-state index in [1.165, 1.54) is 0 Å². The summed E-state index contributed by atoms with van der Waals surface area (Å²) in [5.74, 6) is 0. The summed E-state index contributed by atoms with van der Waals surface area (Å²) in [6.45, 7) is 5.71. The summed E-state index contributed by atoms with van der Waals surface area (Å²) in [5.41, 5.74) is 8.80. The molecule has 2 heterocycles. The predicted octanol–water partition coefficient (Wildman–Crippen LogP) is 1.60. The first-order chi connectivity index (χ1) is 7.16. The maximum absolute atomic E-state index is 5.57. The van der Waals surface area contributed by atoms with Crippen LogP contribution in [0.25, 0.3) is 11.1 Å². The molecule has 0 bridgehead atoms. The Morgan fingerprint density at radius 1 is 1.47 bits per heavy atom. The molecule has 4 nitrogen and oxygen atoms in total. The number of nitrogens with two attached hydrogens (primary N) is 1. The molecule has 0 amide bonds. The summed E-state index contributed by atoms with van der Waals surface area (Å²) in [7, 11) is 0. The van der Waals surface area contributed by atoms with Gasteiger partial charge in [0.2, 0.25) is 0 Å². The molecule has 0 unspecified atom stereocenters. The third kappa shape index (κ3) is 1.88. The Bertz CT molecular complexity index is 532. The lowest BCUT2D eigenvalue weighted by molar-refractivity contribution is 0.793. The fourth-order valence-corrected chi connectivity index (χ4v) is 1.33. The van der Waals surface area contributed by atoms with Gasteiger partial charge in [-0.1, -0.05) is 6.58 Å². The maximum Gasteiger partial charge on any atom is 0.0924 e.